The number of fused-ring (bicyclic) bond motifs is 44. The van der Waals surface area contributed by atoms with Crippen molar-refractivity contribution in [3.05, 3.63) is 192 Å². The van der Waals surface area contributed by atoms with Gasteiger partial charge in [-0.3, -0.25) is 19.2 Å². The zero-order chi connectivity index (χ0) is 95.1. The highest BCUT2D eigenvalue weighted by atomic mass is 16.1. The number of carbonyl (C=O) groups excluding carboxylic acids is 4. The van der Waals surface area contributed by atoms with Crippen molar-refractivity contribution in [3.63, 3.8) is 0 Å². The number of carbonyl (C=O) groups is 4. The summed E-state index contributed by atoms with van der Waals surface area (Å²) >= 11 is 0. The summed E-state index contributed by atoms with van der Waals surface area (Å²) in [6.07, 6.45) is 43.5. The van der Waals surface area contributed by atoms with Crippen LogP contribution in [0.2, 0.25) is 0 Å². The first-order valence-corrected chi connectivity index (χ1v) is 52.6. The summed E-state index contributed by atoms with van der Waals surface area (Å²) in [6.45, 7) is 9.00. The molecule has 0 fully saturated rings. The minimum atomic E-state index is 0.104. The monoisotopic (exact) mass is 1850 g/mol. The van der Waals surface area contributed by atoms with Crippen LogP contribution in [0, 0.1) is 0 Å². The lowest BCUT2D eigenvalue weighted by atomic mass is 9.95. The van der Waals surface area contributed by atoms with Gasteiger partial charge in [0.25, 0.3) is 0 Å². The lowest BCUT2D eigenvalue weighted by Gasteiger charge is -2.12. The highest BCUT2D eigenvalue weighted by molar-refractivity contribution is 6.30. The minimum absolute atomic E-state index is 0.104. The van der Waals surface area contributed by atoms with E-state index >= 15 is 0 Å². The van der Waals surface area contributed by atoms with Crippen molar-refractivity contribution in [2.75, 3.05) is 0 Å². The van der Waals surface area contributed by atoms with E-state index in [0.717, 1.165) is 163 Å². The van der Waals surface area contributed by atoms with E-state index in [1.807, 2.05) is 121 Å². The molecule has 20 heteroatoms. The molecule has 20 nitrogen and oxygen atoms in total. The number of aromatic amines is 2. The number of aromatic nitrogens is 16. The Bertz CT molecular complexity index is 7810. The molecule has 19 aromatic rings. The van der Waals surface area contributed by atoms with Crippen LogP contribution in [0.4, 0.5) is 0 Å². The molecule has 0 saturated carbocycles. The highest BCUT2D eigenvalue weighted by Crippen LogP contribution is 2.46. The molecular weight excluding hydrogens is 1730 g/mol. The summed E-state index contributed by atoms with van der Waals surface area (Å²) in [4.78, 5) is 144. The maximum Gasteiger partial charge on any atom is 0.184 e. The van der Waals surface area contributed by atoms with E-state index in [-0.39, 0.29) is 69.0 Å². The number of nitrogens with one attached hydrogen (secondary N) is 2. The van der Waals surface area contributed by atoms with Crippen molar-refractivity contribution in [2.45, 2.75) is 285 Å². The molecule has 12 aromatic carbocycles. The van der Waals surface area contributed by atoms with E-state index in [2.05, 4.69) is 86.2 Å². The van der Waals surface area contributed by atoms with E-state index < -0.39 is 0 Å². The SMILES string of the molecule is CCCCCCCCCCCC(=O)c1ccc2c(c1)c1ccccc1c1nc3c(nc21)-c1nc-3nc2[nH]c(nc3nc(nc4[nH]c(n1)c1nc5c6ccccc6c6cc(C(=O)CCCCCCCCCCC)ccc6c5nc41)-c1nc4c5ccccc5c5cc(C(=O)CCCCCCCCCCC)ccc5c4nc1-3)c1nc3c4ccccc4c4cc(C(=O)CCCCCCCCCCC)ccc4c3nc21. The molecule has 140 heavy (non-hydrogen) atoms. The number of rotatable bonds is 44. The number of benzene rings is 12. The van der Waals surface area contributed by atoms with Gasteiger partial charge in [-0.15, -0.1) is 0 Å². The third-order valence-electron chi connectivity index (χ3n) is 29.4. The summed E-state index contributed by atoms with van der Waals surface area (Å²) in [5.74, 6) is 1.03. The van der Waals surface area contributed by atoms with Gasteiger partial charge < -0.3 is 9.97 Å². The van der Waals surface area contributed by atoms with Crippen LogP contribution in [0.25, 0.3) is 221 Å². The Balaban J connectivity index is 0.781. The maximum absolute atomic E-state index is 14.4. The van der Waals surface area contributed by atoms with Crippen LogP contribution in [0.5, 0.6) is 0 Å². The van der Waals surface area contributed by atoms with Gasteiger partial charge in [-0.05, 0) is 93.0 Å². The van der Waals surface area contributed by atoms with Crippen molar-refractivity contribution in [1.82, 2.24) is 79.7 Å². The van der Waals surface area contributed by atoms with E-state index in [1.54, 1.807) is 0 Å². The molecule has 0 unspecified atom stereocenters. The number of Topliss-reactive ketones (excluding diaryl/α,β-unsaturated/α-hetero) is 4. The van der Waals surface area contributed by atoms with Gasteiger partial charge in [0, 0.05) is 91.0 Å². The topological polar surface area (TPSA) is 280 Å². The molecule has 9 heterocycles. The molecule has 2 N–H and O–H groups in total. The molecule has 0 amide bonds. The largest absolute Gasteiger partial charge is 0.321 e. The number of ketones is 4. The molecule has 0 saturated heterocycles. The predicted molar refractivity (Wildman–Crippen MR) is 573 cm³/mol. The Labute approximate surface area is 814 Å². The molecule has 2 aliphatic heterocycles. The molecule has 706 valence electrons. The van der Waals surface area contributed by atoms with Crippen molar-refractivity contribution in [2.24, 2.45) is 0 Å². The Morgan fingerprint density at radius 2 is 0.357 bits per heavy atom. The summed E-state index contributed by atoms with van der Waals surface area (Å²) < 4.78 is 0. The Morgan fingerprint density at radius 3 is 0.564 bits per heavy atom. The molecular formula is C120H122N16O4. The average molecular weight is 1850 g/mol. The third-order valence-corrected chi connectivity index (χ3v) is 29.4. The minimum Gasteiger partial charge on any atom is -0.321 e. The smallest absolute Gasteiger partial charge is 0.184 e. The van der Waals surface area contributed by atoms with Crippen LogP contribution < -0.4 is 0 Å². The molecule has 21 rings (SSSR count). The fourth-order valence-electron chi connectivity index (χ4n) is 21.7. The second-order valence-electron chi connectivity index (χ2n) is 39.3. The Hall–Kier alpha value is -13.9. The van der Waals surface area contributed by atoms with Gasteiger partial charge in [-0.1, -0.05) is 379 Å². The normalized spacial score (nSPS) is 12.3. The van der Waals surface area contributed by atoms with Gasteiger partial charge in [0.15, 0.2) is 69.0 Å². The number of nitrogens with zero attached hydrogens (tertiary/aromatic N) is 14. The molecule has 2 aliphatic rings. The van der Waals surface area contributed by atoms with Gasteiger partial charge in [-0.2, -0.15) is 0 Å². The molecule has 0 atom stereocenters. The van der Waals surface area contributed by atoms with Crippen molar-refractivity contribution in [3.8, 4) is 46.1 Å². The van der Waals surface area contributed by atoms with Crippen molar-refractivity contribution in [1.29, 1.82) is 0 Å². The molecule has 8 bridgehead atoms. The first kappa shape index (κ1) is 92.5. The van der Waals surface area contributed by atoms with Crippen LogP contribution in [0.3, 0.4) is 0 Å². The summed E-state index contributed by atoms with van der Waals surface area (Å²) in [7, 11) is 0. The zero-order valence-electron chi connectivity index (χ0n) is 81.3. The number of hydrogen-bond acceptors (Lipinski definition) is 18. The van der Waals surface area contributed by atoms with E-state index in [1.165, 1.54) is 154 Å². The van der Waals surface area contributed by atoms with Crippen molar-refractivity contribution < 1.29 is 19.2 Å². The van der Waals surface area contributed by atoms with Crippen LogP contribution in [-0.2, 0) is 0 Å². The molecule has 0 aliphatic carbocycles. The maximum atomic E-state index is 14.4. The fourth-order valence-corrected chi connectivity index (χ4v) is 21.7. The predicted octanol–water partition coefficient (Wildman–Crippen LogP) is 32.3. The van der Waals surface area contributed by atoms with Crippen LogP contribution in [-0.4, -0.2) is 103 Å². The third kappa shape index (κ3) is 18.6. The lowest BCUT2D eigenvalue weighted by Crippen LogP contribution is -2.00. The van der Waals surface area contributed by atoms with Gasteiger partial charge in [0.1, 0.15) is 44.8 Å². The molecule has 0 spiro atoms. The standard InChI is InChI=1S/C120H122N16O4/c1-5-9-13-17-21-25-29-33-37-57-93(137)73-61-65-85-89(69-73)77-49-41-45-53-81(77)97-101(85)125-109-105(121-97)113-129-117(109)133-114-106-110(126-102-86-66-62-74(94(138)58-38-34-30-26-22-18-14-10-6-2)70-90(86)78-50-42-46-54-82(78)98(102)122-106)119(130-114)135-116-108-112(128-104-88-68-64-76(96(140)60-40-36-32-28-24-20-16-12-8-4)72-92(88)80-52-44-48-56-84(80)100(104)124-108)120(132-116)136-115-107-111(118(131-115)134-113)127-103-87-67-63-75(95(139)59-39-35-31-27-23-19-15-11-7-3)71-91(87)79-51-43-47-55-83(79)99(103)123-107/h41-56,61-72H,5-40,57-60H2,1-4H3,(H2,129,130,131,132,133,134,135,136). The van der Waals surface area contributed by atoms with Gasteiger partial charge >= 0.3 is 0 Å². The molecule has 0 radical (unpaired) electrons. The van der Waals surface area contributed by atoms with Gasteiger partial charge in [0.2, 0.25) is 0 Å². The number of hydrogen-bond donors (Lipinski definition) is 2. The number of H-pyrrole nitrogens is 2. The lowest BCUT2D eigenvalue weighted by molar-refractivity contribution is 0.0971. The Kier molecular flexibility index (Phi) is 27.8. The number of unbranched alkanes of at least 4 members (excludes halogenated alkanes) is 32. The zero-order valence-corrected chi connectivity index (χ0v) is 81.3. The first-order valence-electron chi connectivity index (χ1n) is 52.6. The fraction of sp³-hybridized carbons (Fsp3) is 0.367. The summed E-state index contributed by atoms with van der Waals surface area (Å²) in [5, 5.41) is 13.5. The second kappa shape index (κ2) is 42.0. The van der Waals surface area contributed by atoms with Crippen molar-refractivity contribution >= 4 is 198 Å². The van der Waals surface area contributed by atoms with E-state index in [4.69, 9.17) is 69.8 Å². The van der Waals surface area contributed by atoms with Crippen LogP contribution in [0.1, 0.15) is 326 Å². The Morgan fingerprint density at radius 1 is 0.179 bits per heavy atom. The van der Waals surface area contributed by atoms with E-state index in [0.29, 0.717) is 137 Å². The van der Waals surface area contributed by atoms with E-state index in [9.17, 15) is 19.2 Å². The quantitative estimate of drug-likeness (QED) is 0.0204. The van der Waals surface area contributed by atoms with Crippen LogP contribution >= 0.6 is 0 Å². The highest BCUT2D eigenvalue weighted by Gasteiger charge is 2.32. The second-order valence-corrected chi connectivity index (χ2v) is 39.3. The summed E-state index contributed by atoms with van der Waals surface area (Å²) in [5.41, 5.74) is 10.9. The molecule has 7 aromatic heterocycles. The summed E-state index contributed by atoms with van der Waals surface area (Å²) in [6, 6.07) is 56.6. The average Bonchev–Trinajstić information content (AvgIpc) is 1.44. The van der Waals surface area contributed by atoms with Crippen LogP contribution in [0.15, 0.2) is 170 Å². The van der Waals surface area contributed by atoms with Gasteiger partial charge in [-0.25, -0.2) is 69.8 Å². The first-order chi connectivity index (χ1) is 69.0. The van der Waals surface area contributed by atoms with Gasteiger partial charge in [0.05, 0.1) is 44.1 Å².